The maximum absolute atomic E-state index is 14.3. The van der Waals surface area contributed by atoms with Crippen LogP contribution in [0.2, 0.25) is 0 Å². The van der Waals surface area contributed by atoms with Gasteiger partial charge in [0.05, 0.1) is 17.2 Å². The van der Waals surface area contributed by atoms with Gasteiger partial charge >= 0.3 is 0 Å². The van der Waals surface area contributed by atoms with Crippen LogP contribution in [0.15, 0.2) is 29.3 Å². The number of nitriles is 2. The SMILES string of the molecule is CCc1c(C#N)c(SC(C(N)=O)c2ccccc2F)nc(N2CC[C@H](O)C2)c1C#N. The summed E-state index contributed by atoms with van der Waals surface area (Å²) in [7, 11) is 0. The summed E-state index contributed by atoms with van der Waals surface area (Å²) in [6.45, 7) is 2.64. The number of nitrogens with two attached hydrogens (primary N) is 1. The van der Waals surface area contributed by atoms with E-state index in [0.717, 1.165) is 11.8 Å². The monoisotopic (exact) mass is 425 g/mol. The van der Waals surface area contributed by atoms with Crippen LogP contribution in [0.1, 0.15) is 40.8 Å². The van der Waals surface area contributed by atoms with Gasteiger partial charge in [-0.15, -0.1) is 0 Å². The molecule has 30 heavy (non-hydrogen) atoms. The number of rotatable bonds is 6. The van der Waals surface area contributed by atoms with E-state index in [9.17, 15) is 24.8 Å². The van der Waals surface area contributed by atoms with Gasteiger partial charge in [-0.3, -0.25) is 4.79 Å². The molecule has 1 amide bonds. The molecule has 7 nitrogen and oxygen atoms in total. The fraction of sp³-hybridized carbons (Fsp3) is 0.333. The van der Waals surface area contributed by atoms with E-state index >= 15 is 0 Å². The van der Waals surface area contributed by atoms with E-state index in [1.54, 1.807) is 11.0 Å². The lowest BCUT2D eigenvalue weighted by molar-refractivity contribution is -0.117. The number of aromatic nitrogens is 1. The fourth-order valence-corrected chi connectivity index (χ4v) is 4.59. The molecule has 2 atom stereocenters. The molecule has 1 aliphatic heterocycles. The standard InChI is InChI=1S/C21H20FN5O2S/c1-2-13-15(9-23)20(27-8-7-12(28)11-27)26-21(16(13)10-24)30-18(19(25)29)14-5-3-4-6-17(14)22/h3-6,12,18,28H,2,7-8,11H2,1H3,(H2,25,29)/t12-,18?/m0/s1. The third kappa shape index (κ3) is 4.09. The summed E-state index contributed by atoms with van der Waals surface area (Å²) in [5.74, 6) is -1.000. The number of carbonyl (C=O) groups excluding carboxylic acids is 1. The minimum atomic E-state index is -1.10. The van der Waals surface area contributed by atoms with Gasteiger partial charge < -0.3 is 15.7 Å². The van der Waals surface area contributed by atoms with Crippen LogP contribution in [0.25, 0.3) is 0 Å². The molecule has 2 heterocycles. The molecule has 3 N–H and O–H groups in total. The molecule has 154 valence electrons. The lowest BCUT2D eigenvalue weighted by Crippen LogP contribution is -2.25. The van der Waals surface area contributed by atoms with Gasteiger partial charge in [0.1, 0.15) is 34.0 Å². The predicted molar refractivity (Wildman–Crippen MR) is 110 cm³/mol. The summed E-state index contributed by atoms with van der Waals surface area (Å²) in [6, 6.07) is 10.0. The Labute approximate surface area is 177 Å². The number of aliphatic hydroxyl groups excluding tert-OH is 1. The van der Waals surface area contributed by atoms with Crippen LogP contribution in [0, 0.1) is 28.5 Å². The zero-order chi connectivity index (χ0) is 21.8. The number of carbonyl (C=O) groups is 1. The number of β-amino-alcohol motifs (C(OH)–C–C–N with tert-alkyl or cyclic N) is 1. The van der Waals surface area contributed by atoms with Gasteiger partial charge in [-0.1, -0.05) is 36.9 Å². The second kappa shape index (κ2) is 9.12. The number of hydrogen-bond donors (Lipinski definition) is 2. The highest BCUT2D eigenvalue weighted by molar-refractivity contribution is 8.00. The zero-order valence-electron chi connectivity index (χ0n) is 16.3. The average molecular weight is 425 g/mol. The molecular formula is C21H20FN5O2S. The van der Waals surface area contributed by atoms with Gasteiger partial charge in [0.2, 0.25) is 5.91 Å². The molecule has 1 aromatic carbocycles. The van der Waals surface area contributed by atoms with Crippen molar-refractivity contribution in [2.45, 2.75) is 36.1 Å². The Morgan fingerprint density at radius 1 is 1.40 bits per heavy atom. The zero-order valence-corrected chi connectivity index (χ0v) is 17.1. The Bertz CT molecular complexity index is 1060. The first-order valence-corrected chi connectivity index (χ1v) is 10.3. The van der Waals surface area contributed by atoms with Gasteiger partial charge in [-0.2, -0.15) is 10.5 Å². The number of nitrogens with zero attached hydrogens (tertiary/aromatic N) is 4. The van der Waals surface area contributed by atoms with E-state index in [4.69, 9.17) is 5.73 Å². The van der Waals surface area contributed by atoms with Crippen LogP contribution in [-0.2, 0) is 11.2 Å². The molecule has 0 saturated carbocycles. The number of hydrogen-bond acceptors (Lipinski definition) is 7. The number of amides is 1. The molecule has 9 heteroatoms. The number of halogens is 1. The molecule has 0 aliphatic carbocycles. The first-order valence-electron chi connectivity index (χ1n) is 9.41. The Morgan fingerprint density at radius 2 is 2.10 bits per heavy atom. The first kappa shape index (κ1) is 21.6. The van der Waals surface area contributed by atoms with E-state index in [2.05, 4.69) is 17.1 Å². The van der Waals surface area contributed by atoms with Crippen molar-refractivity contribution in [2.75, 3.05) is 18.0 Å². The number of anilines is 1. The largest absolute Gasteiger partial charge is 0.391 e. The van der Waals surface area contributed by atoms with Crippen LogP contribution >= 0.6 is 11.8 Å². The van der Waals surface area contributed by atoms with E-state index in [1.807, 2.05) is 6.92 Å². The summed E-state index contributed by atoms with van der Waals surface area (Å²) in [5, 5.41) is 28.5. The summed E-state index contributed by atoms with van der Waals surface area (Å²) in [5.41, 5.74) is 6.60. The maximum atomic E-state index is 14.3. The molecule has 1 fully saturated rings. The Morgan fingerprint density at radius 3 is 2.63 bits per heavy atom. The normalized spacial score (nSPS) is 16.7. The maximum Gasteiger partial charge on any atom is 0.235 e. The molecule has 1 unspecified atom stereocenters. The second-order valence-electron chi connectivity index (χ2n) is 6.86. The highest BCUT2D eigenvalue weighted by atomic mass is 32.2. The summed E-state index contributed by atoms with van der Waals surface area (Å²) in [4.78, 5) is 18.5. The number of aliphatic hydroxyl groups is 1. The molecule has 0 bridgehead atoms. The molecule has 2 aromatic rings. The topological polar surface area (TPSA) is 127 Å². The molecule has 3 rings (SSSR count). The molecule has 0 spiro atoms. The lowest BCUT2D eigenvalue weighted by Gasteiger charge is -2.22. The average Bonchev–Trinajstić information content (AvgIpc) is 3.17. The van der Waals surface area contributed by atoms with E-state index < -0.39 is 23.1 Å². The van der Waals surface area contributed by atoms with Crippen LogP contribution in [0.4, 0.5) is 10.2 Å². The Balaban J connectivity index is 2.15. The highest BCUT2D eigenvalue weighted by Gasteiger charge is 2.30. The summed E-state index contributed by atoms with van der Waals surface area (Å²) >= 11 is 0.891. The summed E-state index contributed by atoms with van der Waals surface area (Å²) in [6.07, 6.45) is 0.397. The predicted octanol–water partition coefficient (Wildman–Crippen LogP) is 2.42. The van der Waals surface area contributed by atoms with Crippen molar-refractivity contribution >= 4 is 23.5 Å². The quantitative estimate of drug-likeness (QED) is 0.680. The van der Waals surface area contributed by atoms with Gasteiger partial charge in [-0.05, 0) is 24.5 Å². The fourth-order valence-electron chi connectivity index (χ4n) is 3.51. The van der Waals surface area contributed by atoms with E-state index in [0.29, 0.717) is 37.3 Å². The second-order valence-corrected chi connectivity index (χ2v) is 7.95. The molecule has 0 radical (unpaired) electrons. The van der Waals surface area contributed by atoms with Crippen molar-refractivity contribution < 1.29 is 14.3 Å². The lowest BCUT2D eigenvalue weighted by atomic mass is 10.0. The minimum Gasteiger partial charge on any atom is -0.391 e. The van der Waals surface area contributed by atoms with Gasteiger partial charge in [0.25, 0.3) is 0 Å². The highest BCUT2D eigenvalue weighted by Crippen LogP contribution is 2.40. The number of primary amides is 1. The molecule has 1 saturated heterocycles. The number of benzene rings is 1. The van der Waals surface area contributed by atoms with Gasteiger partial charge in [-0.25, -0.2) is 9.37 Å². The van der Waals surface area contributed by atoms with Crippen molar-refractivity contribution in [3.8, 4) is 12.1 Å². The van der Waals surface area contributed by atoms with Crippen molar-refractivity contribution in [1.82, 2.24) is 4.98 Å². The van der Waals surface area contributed by atoms with Crippen LogP contribution in [0.5, 0.6) is 0 Å². The first-order chi connectivity index (χ1) is 14.4. The molecule has 1 aliphatic rings. The third-order valence-corrected chi connectivity index (χ3v) is 6.20. The summed E-state index contributed by atoms with van der Waals surface area (Å²) < 4.78 is 14.3. The van der Waals surface area contributed by atoms with E-state index in [-0.39, 0.29) is 21.7 Å². The van der Waals surface area contributed by atoms with Crippen LogP contribution in [-0.4, -0.2) is 35.2 Å². The Hall–Kier alpha value is -3.14. The number of thioether (sulfide) groups is 1. The van der Waals surface area contributed by atoms with Crippen molar-refractivity contribution in [2.24, 2.45) is 5.73 Å². The minimum absolute atomic E-state index is 0.0984. The molecular weight excluding hydrogens is 405 g/mol. The van der Waals surface area contributed by atoms with Crippen molar-refractivity contribution in [1.29, 1.82) is 10.5 Å². The third-order valence-electron chi connectivity index (χ3n) is 4.96. The smallest absolute Gasteiger partial charge is 0.235 e. The van der Waals surface area contributed by atoms with Gasteiger partial charge in [0, 0.05) is 18.7 Å². The van der Waals surface area contributed by atoms with Crippen LogP contribution in [0.3, 0.4) is 0 Å². The number of pyridine rings is 1. The van der Waals surface area contributed by atoms with Crippen LogP contribution < -0.4 is 10.6 Å². The van der Waals surface area contributed by atoms with Gasteiger partial charge in [0.15, 0.2) is 0 Å². The van der Waals surface area contributed by atoms with Crippen molar-refractivity contribution in [3.05, 3.63) is 52.3 Å². The molecule has 1 aromatic heterocycles. The van der Waals surface area contributed by atoms with E-state index in [1.165, 1.54) is 18.2 Å². The van der Waals surface area contributed by atoms with Crippen molar-refractivity contribution in [3.63, 3.8) is 0 Å². The Kier molecular flexibility index (Phi) is 6.56.